The van der Waals surface area contributed by atoms with Crippen LogP contribution in [0.4, 0.5) is 0 Å². The molecule has 0 aliphatic rings. The minimum atomic E-state index is -0.917. The first kappa shape index (κ1) is 14.3. The van der Waals surface area contributed by atoms with Crippen LogP contribution in [0.2, 0.25) is 0 Å². The molecule has 1 unspecified atom stereocenters. The first-order valence-electron chi connectivity index (χ1n) is 6.51. The Balaban J connectivity index is 2.64. The minimum Gasteiger partial charge on any atom is -0.481 e. The molecule has 1 aromatic heterocycles. The molecule has 1 N–H and O–H groups in total. The van der Waals surface area contributed by atoms with Crippen LogP contribution in [-0.4, -0.2) is 11.1 Å². The molecule has 20 heavy (non-hydrogen) atoms. The number of benzene rings is 1. The molecule has 0 aliphatic heterocycles. The van der Waals surface area contributed by atoms with Gasteiger partial charge in [-0.05, 0) is 24.6 Å². The molecule has 1 heterocycles. The molecular weight excluding hydrogens is 256 g/mol. The van der Waals surface area contributed by atoms with E-state index in [0.717, 1.165) is 0 Å². The van der Waals surface area contributed by atoms with Crippen LogP contribution in [0.25, 0.3) is 11.0 Å². The summed E-state index contributed by atoms with van der Waals surface area (Å²) >= 11 is 0. The Morgan fingerprint density at radius 3 is 2.45 bits per heavy atom. The van der Waals surface area contributed by atoms with Gasteiger partial charge in [-0.25, -0.2) is 0 Å². The number of carboxylic acid groups (broad SMARTS) is 1. The molecule has 0 fully saturated rings. The number of hydrogen-bond acceptors (Lipinski definition) is 3. The molecule has 4 heteroatoms. The lowest BCUT2D eigenvalue weighted by molar-refractivity contribution is -0.138. The Bertz CT molecular complexity index is 719. The zero-order valence-electron chi connectivity index (χ0n) is 12.1. The van der Waals surface area contributed by atoms with Gasteiger partial charge in [-0.15, -0.1) is 0 Å². The summed E-state index contributed by atoms with van der Waals surface area (Å²) in [6, 6.07) is 6.45. The number of carboxylic acids is 1. The third-order valence-electron chi connectivity index (χ3n) is 3.36. The molecular formula is C16H18O4. The van der Waals surface area contributed by atoms with Crippen molar-refractivity contribution in [2.24, 2.45) is 0 Å². The van der Waals surface area contributed by atoms with Crippen molar-refractivity contribution in [2.75, 3.05) is 0 Å². The highest BCUT2D eigenvalue weighted by molar-refractivity contribution is 5.81. The van der Waals surface area contributed by atoms with Crippen molar-refractivity contribution in [3.8, 4) is 0 Å². The van der Waals surface area contributed by atoms with Crippen molar-refractivity contribution in [3.05, 3.63) is 45.8 Å². The van der Waals surface area contributed by atoms with Crippen LogP contribution in [0.1, 0.15) is 44.9 Å². The number of fused-ring (bicyclic) bond motifs is 1. The number of aliphatic carboxylic acids is 1. The van der Waals surface area contributed by atoms with Gasteiger partial charge in [0.05, 0.1) is 11.3 Å². The van der Waals surface area contributed by atoms with Crippen LogP contribution in [0.5, 0.6) is 0 Å². The van der Waals surface area contributed by atoms with E-state index in [9.17, 15) is 9.59 Å². The summed E-state index contributed by atoms with van der Waals surface area (Å²) in [5, 5.41) is 9.45. The van der Waals surface area contributed by atoms with E-state index in [1.807, 2.05) is 20.8 Å². The second-order valence-corrected chi connectivity index (χ2v) is 6.04. The standard InChI is InChI=1S/C16H18O4/c1-9(15(18)19)10-5-6-13-11(7-10)12(17)8-14(20-13)16(2,3)4/h5-9H,1-4H3,(H,18,19). The maximum absolute atomic E-state index is 12.2. The molecule has 106 valence electrons. The molecule has 2 aromatic rings. The predicted molar refractivity (Wildman–Crippen MR) is 77.2 cm³/mol. The van der Waals surface area contributed by atoms with Crippen LogP contribution < -0.4 is 5.43 Å². The molecule has 1 atom stereocenters. The van der Waals surface area contributed by atoms with E-state index in [-0.39, 0.29) is 10.8 Å². The van der Waals surface area contributed by atoms with E-state index in [1.165, 1.54) is 6.07 Å². The molecule has 0 spiro atoms. The maximum atomic E-state index is 12.2. The van der Waals surface area contributed by atoms with Gasteiger partial charge < -0.3 is 9.52 Å². The molecule has 0 bridgehead atoms. The van der Waals surface area contributed by atoms with Crippen molar-refractivity contribution in [1.82, 2.24) is 0 Å². The topological polar surface area (TPSA) is 67.5 Å². The number of hydrogen-bond donors (Lipinski definition) is 1. The van der Waals surface area contributed by atoms with Gasteiger partial charge in [-0.1, -0.05) is 26.8 Å². The summed E-state index contributed by atoms with van der Waals surface area (Å²) in [7, 11) is 0. The minimum absolute atomic E-state index is 0.143. The fraction of sp³-hybridized carbons (Fsp3) is 0.375. The molecule has 1 aromatic carbocycles. The SMILES string of the molecule is CC(C(=O)O)c1ccc2oc(C(C)(C)C)cc(=O)c2c1. The lowest BCUT2D eigenvalue weighted by Gasteiger charge is -2.17. The molecule has 4 nitrogen and oxygen atoms in total. The molecule has 0 saturated heterocycles. The van der Waals surface area contributed by atoms with Crippen molar-refractivity contribution in [3.63, 3.8) is 0 Å². The zero-order chi connectivity index (χ0) is 15.1. The van der Waals surface area contributed by atoms with E-state index in [1.54, 1.807) is 25.1 Å². The highest BCUT2D eigenvalue weighted by Gasteiger charge is 2.20. The average Bonchev–Trinajstić information content (AvgIpc) is 2.36. The summed E-state index contributed by atoms with van der Waals surface area (Å²) < 4.78 is 5.75. The Labute approximate surface area is 117 Å². The van der Waals surface area contributed by atoms with E-state index in [2.05, 4.69) is 0 Å². The average molecular weight is 274 g/mol. The van der Waals surface area contributed by atoms with Crippen LogP contribution in [0.3, 0.4) is 0 Å². The van der Waals surface area contributed by atoms with E-state index >= 15 is 0 Å². The molecule has 0 radical (unpaired) electrons. The number of rotatable bonds is 2. The summed E-state index contributed by atoms with van der Waals surface area (Å²) in [5.41, 5.74) is 0.695. The smallest absolute Gasteiger partial charge is 0.310 e. The van der Waals surface area contributed by atoms with Gasteiger partial charge in [0.1, 0.15) is 11.3 Å². The molecule has 0 amide bonds. The van der Waals surface area contributed by atoms with Crippen LogP contribution in [0, 0.1) is 0 Å². The molecule has 0 saturated carbocycles. The third-order valence-corrected chi connectivity index (χ3v) is 3.36. The highest BCUT2D eigenvalue weighted by Crippen LogP contribution is 2.26. The summed E-state index contributed by atoms with van der Waals surface area (Å²) in [5.74, 6) is -0.949. The zero-order valence-corrected chi connectivity index (χ0v) is 12.1. The van der Waals surface area contributed by atoms with Gasteiger partial charge in [-0.2, -0.15) is 0 Å². The van der Waals surface area contributed by atoms with E-state index in [4.69, 9.17) is 9.52 Å². The van der Waals surface area contributed by atoms with Crippen molar-refractivity contribution >= 4 is 16.9 Å². The Morgan fingerprint density at radius 2 is 1.90 bits per heavy atom. The summed E-state index contributed by atoms with van der Waals surface area (Å²) in [6.45, 7) is 7.50. The normalized spacial score (nSPS) is 13.4. The van der Waals surface area contributed by atoms with Gasteiger partial charge in [-0.3, -0.25) is 9.59 Å². The Hall–Kier alpha value is -2.10. The Kier molecular flexibility index (Phi) is 3.42. The summed E-state index contributed by atoms with van der Waals surface area (Å²) in [4.78, 5) is 23.2. The van der Waals surface area contributed by atoms with Crippen molar-refractivity contribution in [2.45, 2.75) is 39.0 Å². The fourth-order valence-electron chi connectivity index (χ4n) is 1.96. The second-order valence-electron chi connectivity index (χ2n) is 6.04. The highest BCUT2D eigenvalue weighted by atomic mass is 16.4. The van der Waals surface area contributed by atoms with Gasteiger partial charge >= 0.3 is 5.97 Å². The largest absolute Gasteiger partial charge is 0.481 e. The van der Waals surface area contributed by atoms with Gasteiger partial charge in [0.2, 0.25) is 0 Å². The predicted octanol–water partition coefficient (Wildman–Crippen LogP) is 3.28. The second kappa shape index (κ2) is 4.78. The third kappa shape index (κ3) is 2.59. The Morgan fingerprint density at radius 1 is 1.25 bits per heavy atom. The maximum Gasteiger partial charge on any atom is 0.310 e. The van der Waals surface area contributed by atoms with Gasteiger partial charge in [0, 0.05) is 11.5 Å². The fourth-order valence-corrected chi connectivity index (χ4v) is 1.96. The monoisotopic (exact) mass is 274 g/mol. The summed E-state index contributed by atoms with van der Waals surface area (Å²) in [6.07, 6.45) is 0. The van der Waals surface area contributed by atoms with Crippen LogP contribution in [-0.2, 0) is 10.2 Å². The molecule has 0 aliphatic carbocycles. The quantitative estimate of drug-likeness (QED) is 0.912. The molecule has 2 rings (SSSR count). The van der Waals surface area contributed by atoms with E-state index in [0.29, 0.717) is 22.3 Å². The first-order chi connectivity index (χ1) is 9.20. The van der Waals surface area contributed by atoms with Gasteiger partial charge in [0.15, 0.2) is 5.43 Å². The van der Waals surface area contributed by atoms with E-state index < -0.39 is 11.9 Å². The number of carbonyl (C=O) groups is 1. The van der Waals surface area contributed by atoms with Crippen LogP contribution in [0.15, 0.2) is 33.5 Å². The van der Waals surface area contributed by atoms with Crippen molar-refractivity contribution < 1.29 is 14.3 Å². The lowest BCUT2D eigenvalue weighted by atomic mass is 9.92. The van der Waals surface area contributed by atoms with Crippen molar-refractivity contribution in [1.29, 1.82) is 0 Å². The lowest BCUT2D eigenvalue weighted by Crippen LogP contribution is -2.15. The first-order valence-corrected chi connectivity index (χ1v) is 6.51. The van der Waals surface area contributed by atoms with Gasteiger partial charge in [0.25, 0.3) is 0 Å². The van der Waals surface area contributed by atoms with Crippen LogP contribution >= 0.6 is 0 Å².